The average molecular weight is 270 g/mol. The van der Waals surface area contributed by atoms with Crippen molar-refractivity contribution in [3.8, 4) is 0 Å². The highest BCUT2D eigenvalue weighted by Gasteiger charge is 2.27. The topological polar surface area (TPSA) is 68.3 Å². The summed E-state index contributed by atoms with van der Waals surface area (Å²) in [7, 11) is 1.79. The quantitative estimate of drug-likeness (QED) is 0.871. The Labute approximate surface area is 110 Å². The molecule has 1 aromatic rings. The Morgan fingerprint density at radius 3 is 2.44 bits per heavy atom. The van der Waals surface area contributed by atoms with Gasteiger partial charge in [0.05, 0.1) is 5.02 Å². The number of nitrogens with zero attached hydrogens (tertiary/aromatic N) is 2. The van der Waals surface area contributed by atoms with Gasteiger partial charge < -0.3 is 15.2 Å². The van der Waals surface area contributed by atoms with Crippen LogP contribution in [0.4, 0.5) is 0 Å². The Kier molecular flexibility index (Phi) is 3.61. The number of primary amides is 1. The first kappa shape index (κ1) is 13.0. The normalized spacial score (nSPS) is 16.9. The third-order valence-electron chi connectivity index (χ3n) is 3.38. The number of carbonyl (C=O) groups is 2. The maximum Gasteiger partial charge on any atom is 0.270 e. The van der Waals surface area contributed by atoms with Crippen LogP contribution in [-0.4, -0.2) is 34.4 Å². The minimum atomic E-state index is -0.274. The molecule has 0 spiro atoms. The minimum absolute atomic E-state index is 0.0488. The Morgan fingerprint density at radius 1 is 1.39 bits per heavy atom. The molecule has 0 unspecified atom stereocenters. The molecule has 2 N–H and O–H groups in total. The van der Waals surface area contributed by atoms with E-state index in [4.69, 9.17) is 17.3 Å². The molecule has 98 valence electrons. The minimum Gasteiger partial charge on any atom is -0.369 e. The third kappa shape index (κ3) is 2.51. The predicted octanol–water partition coefficient (Wildman–Crippen LogP) is 1.02. The van der Waals surface area contributed by atoms with Gasteiger partial charge in [-0.2, -0.15) is 0 Å². The van der Waals surface area contributed by atoms with Crippen molar-refractivity contribution < 1.29 is 9.59 Å². The van der Waals surface area contributed by atoms with E-state index in [9.17, 15) is 9.59 Å². The SMILES string of the molecule is Cn1cc(Cl)cc1C(=O)N1CCC(C(N)=O)CC1. The van der Waals surface area contributed by atoms with Crippen LogP contribution in [0.25, 0.3) is 0 Å². The summed E-state index contributed by atoms with van der Waals surface area (Å²) in [6.07, 6.45) is 2.98. The third-order valence-corrected chi connectivity index (χ3v) is 3.58. The molecule has 6 heteroatoms. The van der Waals surface area contributed by atoms with Crippen molar-refractivity contribution in [3.05, 3.63) is 23.0 Å². The van der Waals surface area contributed by atoms with Gasteiger partial charge in [-0.05, 0) is 18.9 Å². The molecule has 1 aromatic heterocycles. The van der Waals surface area contributed by atoms with E-state index in [0.717, 1.165) is 0 Å². The van der Waals surface area contributed by atoms with Crippen LogP contribution >= 0.6 is 11.6 Å². The second-order valence-electron chi connectivity index (χ2n) is 4.62. The first-order chi connectivity index (χ1) is 8.49. The monoisotopic (exact) mass is 269 g/mol. The maximum atomic E-state index is 12.2. The number of carbonyl (C=O) groups excluding carboxylic acids is 2. The van der Waals surface area contributed by atoms with Crippen molar-refractivity contribution in [1.29, 1.82) is 0 Å². The van der Waals surface area contributed by atoms with Crippen LogP contribution in [0.15, 0.2) is 12.3 Å². The molecular weight excluding hydrogens is 254 g/mol. The summed E-state index contributed by atoms with van der Waals surface area (Å²) in [5, 5.41) is 0.549. The molecule has 18 heavy (non-hydrogen) atoms. The molecule has 0 aliphatic carbocycles. The van der Waals surface area contributed by atoms with Gasteiger partial charge in [0.15, 0.2) is 0 Å². The fourth-order valence-corrected chi connectivity index (χ4v) is 2.52. The molecule has 2 heterocycles. The highest BCUT2D eigenvalue weighted by molar-refractivity contribution is 6.31. The van der Waals surface area contributed by atoms with Gasteiger partial charge in [-0.3, -0.25) is 9.59 Å². The number of hydrogen-bond acceptors (Lipinski definition) is 2. The number of nitrogens with two attached hydrogens (primary N) is 1. The maximum absolute atomic E-state index is 12.2. The average Bonchev–Trinajstić information content (AvgIpc) is 2.67. The zero-order valence-corrected chi connectivity index (χ0v) is 11.0. The molecule has 0 aromatic carbocycles. The van der Waals surface area contributed by atoms with Crippen molar-refractivity contribution in [2.75, 3.05) is 13.1 Å². The molecule has 0 atom stereocenters. The van der Waals surface area contributed by atoms with Gasteiger partial charge in [0.25, 0.3) is 5.91 Å². The van der Waals surface area contributed by atoms with Gasteiger partial charge in [0.2, 0.25) is 5.91 Å². The van der Waals surface area contributed by atoms with Crippen LogP contribution in [0, 0.1) is 5.92 Å². The Balaban J connectivity index is 2.04. The van der Waals surface area contributed by atoms with Crippen LogP contribution in [0.3, 0.4) is 0 Å². The molecule has 0 saturated carbocycles. The van der Waals surface area contributed by atoms with Crippen molar-refractivity contribution in [1.82, 2.24) is 9.47 Å². The lowest BCUT2D eigenvalue weighted by atomic mass is 9.96. The van der Waals surface area contributed by atoms with Gasteiger partial charge in [-0.25, -0.2) is 0 Å². The number of piperidine rings is 1. The van der Waals surface area contributed by atoms with Gasteiger partial charge in [0, 0.05) is 32.3 Å². The van der Waals surface area contributed by atoms with E-state index in [1.165, 1.54) is 0 Å². The molecule has 0 bridgehead atoms. The van der Waals surface area contributed by atoms with Crippen LogP contribution in [-0.2, 0) is 11.8 Å². The second-order valence-corrected chi connectivity index (χ2v) is 5.06. The van der Waals surface area contributed by atoms with Crippen molar-refractivity contribution in [2.24, 2.45) is 18.7 Å². The molecule has 5 nitrogen and oxygen atoms in total. The lowest BCUT2D eigenvalue weighted by Crippen LogP contribution is -2.42. The highest BCUT2D eigenvalue weighted by Crippen LogP contribution is 2.20. The van der Waals surface area contributed by atoms with Gasteiger partial charge in [0.1, 0.15) is 5.69 Å². The molecule has 1 aliphatic heterocycles. The first-order valence-electron chi connectivity index (χ1n) is 5.89. The zero-order valence-electron chi connectivity index (χ0n) is 10.2. The van der Waals surface area contributed by atoms with E-state index < -0.39 is 0 Å². The number of aromatic nitrogens is 1. The summed E-state index contributed by atoms with van der Waals surface area (Å²) in [4.78, 5) is 25.0. The van der Waals surface area contributed by atoms with Gasteiger partial charge in [-0.15, -0.1) is 0 Å². The summed E-state index contributed by atoms with van der Waals surface area (Å²) in [6, 6.07) is 1.66. The van der Waals surface area contributed by atoms with Crippen LogP contribution in [0.1, 0.15) is 23.3 Å². The second kappa shape index (κ2) is 5.02. The number of halogens is 1. The van der Waals surface area contributed by atoms with Gasteiger partial charge in [-0.1, -0.05) is 11.6 Å². The van der Waals surface area contributed by atoms with Crippen LogP contribution in [0.2, 0.25) is 5.02 Å². The number of likely N-dealkylation sites (tertiary alicyclic amines) is 1. The molecule has 2 rings (SSSR count). The van der Waals surface area contributed by atoms with Crippen molar-refractivity contribution in [3.63, 3.8) is 0 Å². The Bertz CT molecular complexity index is 476. The van der Waals surface area contributed by atoms with E-state index in [1.54, 1.807) is 28.8 Å². The summed E-state index contributed by atoms with van der Waals surface area (Å²) in [6.45, 7) is 1.13. The van der Waals surface area contributed by atoms with Crippen molar-refractivity contribution >= 4 is 23.4 Å². The lowest BCUT2D eigenvalue weighted by Gasteiger charge is -2.30. The molecule has 1 fully saturated rings. The molecule has 0 radical (unpaired) electrons. The number of hydrogen-bond donors (Lipinski definition) is 1. The Morgan fingerprint density at radius 2 is 2.00 bits per heavy atom. The molecule has 1 saturated heterocycles. The number of rotatable bonds is 2. The smallest absolute Gasteiger partial charge is 0.270 e. The molecule has 1 aliphatic rings. The summed E-state index contributed by atoms with van der Waals surface area (Å²) < 4.78 is 1.71. The molecule has 2 amide bonds. The van der Waals surface area contributed by atoms with Crippen molar-refractivity contribution in [2.45, 2.75) is 12.8 Å². The van der Waals surface area contributed by atoms with E-state index in [2.05, 4.69) is 0 Å². The summed E-state index contributed by atoms with van der Waals surface area (Å²) in [5.74, 6) is -0.428. The van der Waals surface area contributed by atoms with E-state index >= 15 is 0 Å². The van der Waals surface area contributed by atoms with Crippen LogP contribution in [0.5, 0.6) is 0 Å². The first-order valence-corrected chi connectivity index (χ1v) is 6.27. The van der Waals surface area contributed by atoms with E-state index in [-0.39, 0.29) is 17.7 Å². The number of aryl methyl sites for hydroxylation is 1. The predicted molar refractivity (Wildman–Crippen MR) is 68.2 cm³/mol. The van der Waals surface area contributed by atoms with E-state index in [0.29, 0.717) is 36.6 Å². The number of amides is 2. The van der Waals surface area contributed by atoms with E-state index in [1.807, 2.05) is 0 Å². The summed E-state index contributed by atoms with van der Waals surface area (Å²) in [5.41, 5.74) is 5.83. The highest BCUT2D eigenvalue weighted by atomic mass is 35.5. The fourth-order valence-electron chi connectivity index (χ4n) is 2.27. The largest absolute Gasteiger partial charge is 0.369 e. The Hall–Kier alpha value is -1.49. The lowest BCUT2D eigenvalue weighted by molar-refractivity contribution is -0.123. The van der Waals surface area contributed by atoms with Gasteiger partial charge >= 0.3 is 0 Å². The molecular formula is C12H16ClN3O2. The van der Waals surface area contributed by atoms with Crippen LogP contribution < -0.4 is 5.73 Å². The standard InChI is InChI=1S/C12H16ClN3O2/c1-15-7-9(13)6-10(15)12(18)16-4-2-8(3-5-16)11(14)17/h6-8H,2-5H2,1H3,(H2,14,17). The fraction of sp³-hybridized carbons (Fsp3) is 0.500. The zero-order chi connectivity index (χ0) is 13.3. The summed E-state index contributed by atoms with van der Waals surface area (Å²) >= 11 is 5.86.